The van der Waals surface area contributed by atoms with Crippen LogP contribution in [0.2, 0.25) is 5.02 Å². The van der Waals surface area contributed by atoms with E-state index < -0.39 is 6.04 Å². The van der Waals surface area contributed by atoms with E-state index in [0.717, 1.165) is 37.7 Å². The van der Waals surface area contributed by atoms with E-state index in [9.17, 15) is 9.59 Å². The number of hydrogen-bond donors (Lipinski definition) is 1. The van der Waals surface area contributed by atoms with Crippen LogP contribution >= 0.6 is 11.6 Å². The monoisotopic (exact) mass is 456 g/mol. The van der Waals surface area contributed by atoms with Crippen molar-refractivity contribution in [1.29, 1.82) is 0 Å². The zero-order chi connectivity index (χ0) is 22.9. The second kappa shape index (κ2) is 11.9. The second-order valence-electron chi connectivity index (χ2n) is 8.31. The van der Waals surface area contributed by atoms with Crippen LogP contribution in [0.15, 0.2) is 48.5 Å². The Hall–Kier alpha value is -2.53. The molecule has 1 aliphatic rings. The van der Waals surface area contributed by atoms with E-state index in [-0.39, 0.29) is 31.0 Å². The lowest BCUT2D eigenvalue weighted by Crippen LogP contribution is -2.52. The van der Waals surface area contributed by atoms with Crippen molar-refractivity contribution in [2.75, 3.05) is 6.61 Å². The average molecular weight is 457 g/mol. The number of halogens is 1. The fraction of sp³-hybridized carbons (Fsp3) is 0.462. The van der Waals surface area contributed by atoms with Gasteiger partial charge in [0, 0.05) is 17.6 Å². The second-order valence-corrected chi connectivity index (χ2v) is 8.72. The third-order valence-corrected chi connectivity index (χ3v) is 6.45. The Morgan fingerprint density at radius 1 is 1.09 bits per heavy atom. The van der Waals surface area contributed by atoms with Gasteiger partial charge in [-0.2, -0.15) is 0 Å². The number of nitrogens with one attached hydrogen (secondary N) is 1. The summed E-state index contributed by atoms with van der Waals surface area (Å²) >= 11 is 6.37. The molecule has 0 heterocycles. The first kappa shape index (κ1) is 24.1. The van der Waals surface area contributed by atoms with Crippen LogP contribution < -0.4 is 10.1 Å². The van der Waals surface area contributed by atoms with Gasteiger partial charge in [-0.05, 0) is 55.0 Å². The summed E-state index contributed by atoms with van der Waals surface area (Å²) in [6.07, 6.45) is 5.72. The van der Waals surface area contributed by atoms with Crippen LogP contribution in [-0.4, -0.2) is 35.4 Å². The third kappa shape index (κ3) is 6.49. The lowest BCUT2D eigenvalue weighted by Gasteiger charge is -2.31. The van der Waals surface area contributed by atoms with Gasteiger partial charge in [0.1, 0.15) is 11.8 Å². The summed E-state index contributed by atoms with van der Waals surface area (Å²) < 4.78 is 5.77. The predicted molar refractivity (Wildman–Crippen MR) is 128 cm³/mol. The van der Waals surface area contributed by atoms with E-state index in [0.29, 0.717) is 17.2 Å². The highest BCUT2D eigenvalue weighted by molar-refractivity contribution is 6.31. The molecule has 172 valence electrons. The molecule has 1 N–H and O–H groups in total. The van der Waals surface area contributed by atoms with Gasteiger partial charge in [0.15, 0.2) is 6.61 Å². The number of carbonyl (C=O) groups is 2. The van der Waals surface area contributed by atoms with Crippen molar-refractivity contribution in [3.8, 4) is 5.75 Å². The molecule has 0 radical (unpaired) electrons. The van der Waals surface area contributed by atoms with Gasteiger partial charge in [-0.15, -0.1) is 0 Å². The van der Waals surface area contributed by atoms with Crippen LogP contribution in [0.3, 0.4) is 0 Å². The summed E-state index contributed by atoms with van der Waals surface area (Å²) in [7, 11) is 0. The Labute approximate surface area is 196 Å². The van der Waals surface area contributed by atoms with Gasteiger partial charge < -0.3 is 15.0 Å². The number of carbonyl (C=O) groups excluding carboxylic acids is 2. The molecule has 32 heavy (non-hydrogen) atoms. The number of rotatable bonds is 10. The van der Waals surface area contributed by atoms with Gasteiger partial charge in [0.2, 0.25) is 5.91 Å². The van der Waals surface area contributed by atoms with Crippen molar-refractivity contribution in [1.82, 2.24) is 10.2 Å². The molecular formula is C26H33ClN2O3. The maximum atomic E-state index is 13.3. The topological polar surface area (TPSA) is 58.6 Å². The van der Waals surface area contributed by atoms with Gasteiger partial charge in [-0.3, -0.25) is 9.59 Å². The first-order valence-corrected chi connectivity index (χ1v) is 11.9. The molecule has 0 bridgehead atoms. The van der Waals surface area contributed by atoms with Gasteiger partial charge in [-0.25, -0.2) is 0 Å². The van der Waals surface area contributed by atoms with Gasteiger partial charge >= 0.3 is 0 Å². The third-order valence-electron chi connectivity index (χ3n) is 6.08. The first-order valence-electron chi connectivity index (χ1n) is 11.6. The molecule has 1 atom stereocenters. The first-order chi connectivity index (χ1) is 15.5. The van der Waals surface area contributed by atoms with Crippen molar-refractivity contribution in [3.63, 3.8) is 0 Å². The van der Waals surface area contributed by atoms with E-state index in [4.69, 9.17) is 16.3 Å². The summed E-state index contributed by atoms with van der Waals surface area (Å²) in [6, 6.07) is 14.8. The molecule has 5 nitrogen and oxygen atoms in total. The Morgan fingerprint density at radius 3 is 2.41 bits per heavy atom. The van der Waals surface area contributed by atoms with Gasteiger partial charge in [0.05, 0.1) is 0 Å². The minimum absolute atomic E-state index is 0.105. The van der Waals surface area contributed by atoms with Crippen LogP contribution in [0.1, 0.15) is 57.1 Å². The van der Waals surface area contributed by atoms with Crippen molar-refractivity contribution >= 4 is 23.4 Å². The maximum Gasteiger partial charge on any atom is 0.261 e. The molecule has 2 amide bonds. The van der Waals surface area contributed by atoms with Crippen molar-refractivity contribution in [2.24, 2.45) is 0 Å². The minimum Gasteiger partial charge on any atom is -0.484 e. The van der Waals surface area contributed by atoms with Crippen LogP contribution in [0.5, 0.6) is 5.75 Å². The normalized spacial score (nSPS) is 14.7. The van der Waals surface area contributed by atoms with Crippen LogP contribution in [0, 0.1) is 0 Å². The van der Waals surface area contributed by atoms with E-state index in [2.05, 4.69) is 12.2 Å². The Bertz CT molecular complexity index is 894. The smallest absolute Gasteiger partial charge is 0.261 e. The van der Waals surface area contributed by atoms with E-state index in [1.165, 1.54) is 5.56 Å². The Balaban J connectivity index is 1.75. The quantitative estimate of drug-likeness (QED) is 0.538. The molecule has 1 saturated carbocycles. The highest BCUT2D eigenvalue weighted by Gasteiger charge is 2.31. The number of amides is 2. The largest absolute Gasteiger partial charge is 0.484 e. The zero-order valence-electron chi connectivity index (χ0n) is 19.0. The molecule has 6 heteroatoms. The van der Waals surface area contributed by atoms with Crippen LogP contribution in [-0.2, 0) is 22.6 Å². The zero-order valence-corrected chi connectivity index (χ0v) is 19.7. The van der Waals surface area contributed by atoms with Crippen molar-refractivity contribution < 1.29 is 14.3 Å². The minimum atomic E-state index is -0.578. The summed E-state index contributed by atoms with van der Waals surface area (Å²) in [6.45, 7) is 4.14. The molecule has 0 aliphatic heterocycles. The molecule has 3 rings (SSSR count). The molecule has 2 aromatic rings. The number of nitrogens with zero attached hydrogens (tertiary/aromatic N) is 1. The van der Waals surface area contributed by atoms with Gasteiger partial charge in [-0.1, -0.05) is 68.6 Å². The Morgan fingerprint density at radius 2 is 1.78 bits per heavy atom. The molecular weight excluding hydrogens is 424 g/mol. The molecule has 0 saturated heterocycles. The molecule has 1 fully saturated rings. The maximum absolute atomic E-state index is 13.3. The molecule has 0 aromatic heterocycles. The summed E-state index contributed by atoms with van der Waals surface area (Å²) in [4.78, 5) is 28.0. The van der Waals surface area contributed by atoms with Gasteiger partial charge in [0.25, 0.3) is 5.91 Å². The number of hydrogen-bond acceptors (Lipinski definition) is 3. The number of aryl methyl sites for hydroxylation is 1. The standard InChI is InChI=1S/C26H33ClN2O3/c1-3-19-13-15-22(16-14-19)32-18-25(30)29(17-20-9-5-8-12-23(20)27)24(4-2)26(31)28-21-10-6-7-11-21/h5,8-9,12-16,21,24H,3-4,6-7,10-11,17-18H2,1-2H3,(H,28,31)/t24-/m0/s1. The summed E-state index contributed by atoms with van der Waals surface area (Å²) in [5.74, 6) is 0.293. The molecule has 1 aliphatic carbocycles. The van der Waals surface area contributed by atoms with Crippen molar-refractivity contribution in [3.05, 3.63) is 64.7 Å². The molecule has 0 spiro atoms. The number of ether oxygens (including phenoxy) is 1. The predicted octanol–water partition coefficient (Wildman–Crippen LogP) is 5.15. The fourth-order valence-electron chi connectivity index (χ4n) is 4.15. The summed E-state index contributed by atoms with van der Waals surface area (Å²) in [5, 5.41) is 3.72. The highest BCUT2D eigenvalue weighted by Crippen LogP contribution is 2.22. The molecule has 0 unspecified atom stereocenters. The SMILES string of the molecule is CCc1ccc(OCC(=O)N(Cc2ccccc2Cl)[C@@H](CC)C(=O)NC2CCCC2)cc1. The van der Waals surface area contributed by atoms with Crippen LogP contribution in [0.25, 0.3) is 0 Å². The van der Waals surface area contributed by atoms with Crippen LogP contribution in [0.4, 0.5) is 0 Å². The Kier molecular flexibility index (Phi) is 8.98. The summed E-state index contributed by atoms with van der Waals surface area (Å²) in [5.41, 5.74) is 2.01. The fourth-order valence-corrected chi connectivity index (χ4v) is 4.34. The van der Waals surface area contributed by atoms with E-state index in [1.807, 2.05) is 49.4 Å². The van der Waals surface area contributed by atoms with E-state index >= 15 is 0 Å². The van der Waals surface area contributed by atoms with E-state index in [1.54, 1.807) is 11.0 Å². The average Bonchev–Trinajstić information content (AvgIpc) is 3.32. The lowest BCUT2D eigenvalue weighted by atomic mass is 10.1. The lowest BCUT2D eigenvalue weighted by molar-refractivity contribution is -0.143. The highest BCUT2D eigenvalue weighted by atomic mass is 35.5. The molecule has 2 aromatic carbocycles. The van der Waals surface area contributed by atoms with Crippen molar-refractivity contribution in [2.45, 2.75) is 71.0 Å². The number of benzene rings is 2.